The summed E-state index contributed by atoms with van der Waals surface area (Å²) in [6.07, 6.45) is 0.136. The molecule has 6 nitrogen and oxygen atoms in total. The number of carbonyl (C=O) groups is 2. The average molecular weight is 275 g/mol. The Balaban J connectivity index is 1.87. The van der Waals surface area contributed by atoms with Gasteiger partial charge in [-0.2, -0.15) is 5.10 Å². The van der Waals surface area contributed by atoms with Gasteiger partial charge in [0.15, 0.2) is 6.04 Å². The fourth-order valence-corrected chi connectivity index (χ4v) is 2.03. The van der Waals surface area contributed by atoms with Crippen LogP contribution in [0.25, 0.3) is 0 Å². The van der Waals surface area contributed by atoms with Crippen LogP contribution in [0, 0.1) is 0 Å². The number of hydrogen-bond donors (Lipinski definition) is 3. The quantitative estimate of drug-likeness (QED) is 0.485. The van der Waals surface area contributed by atoms with Crippen molar-refractivity contribution in [3.8, 4) is 0 Å². The Morgan fingerprint density at radius 1 is 1.45 bits per heavy atom. The Kier molecular flexibility index (Phi) is 4.84. The monoisotopic (exact) mass is 275 g/mol. The lowest BCUT2D eigenvalue weighted by Crippen LogP contribution is -2.96. The minimum Gasteiger partial charge on any atom is -0.345 e. The summed E-state index contributed by atoms with van der Waals surface area (Å²) in [6.45, 7) is 3.28. The molecular weight excluding hydrogens is 256 g/mol. The van der Waals surface area contributed by atoms with Gasteiger partial charge in [0.25, 0.3) is 5.91 Å². The Bertz CT molecular complexity index is 513. The molecule has 0 saturated carbocycles. The molecule has 1 aromatic rings. The van der Waals surface area contributed by atoms with Crippen molar-refractivity contribution in [1.29, 1.82) is 0 Å². The Hall–Kier alpha value is -2.21. The number of hydrogen-bond acceptors (Lipinski definition) is 3. The summed E-state index contributed by atoms with van der Waals surface area (Å²) in [4.78, 5) is 23.3. The van der Waals surface area contributed by atoms with Gasteiger partial charge in [-0.3, -0.25) is 9.59 Å². The van der Waals surface area contributed by atoms with Crippen LogP contribution in [-0.4, -0.2) is 36.7 Å². The van der Waals surface area contributed by atoms with Crippen LogP contribution in [-0.2, 0) is 9.59 Å². The molecule has 1 aromatic carbocycles. The van der Waals surface area contributed by atoms with E-state index >= 15 is 0 Å². The second kappa shape index (κ2) is 6.81. The molecule has 0 bridgehead atoms. The van der Waals surface area contributed by atoms with E-state index in [1.54, 1.807) is 0 Å². The highest BCUT2D eigenvalue weighted by Crippen LogP contribution is 2.00. The van der Waals surface area contributed by atoms with Crippen molar-refractivity contribution in [1.82, 2.24) is 10.7 Å². The zero-order valence-corrected chi connectivity index (χ0v) is 11.4. The Labute approximate surface area is 117 Å². The predicted molar refractivity (Wildman–Crippen MR) is 75.0 cm³/mol. The Morgan fingerprint density at radius 3 is 2.90 bits per heavy atom. The van der Waals surface area contributed by atoms with E-state index in [0.717, 1.165) is 17.8 Å². The molecular formula is C14H19N4O2+. The van der Waals surface area contributed by atoms with Gasteiger partial charge < -0.3 is 10.6 Å². The van der Waals surface area contributed by atoms with Crippen LogP contribution in [0.2, 0.25) is 0 Å². The fraction of sp³-hybridized carbons (Fsp3) is 0.357. The minimum absolute atomic E-state index is 0.0878. The molecule has 1 fully saturated rings. The van der Waals surface area contributed by atoms with Gasteiger partial charge in [-0.1, -0.05) is 30.3 Å². The van der Waals surface area contributed by atoms with Crippen molar-refractivity contribution in [2.24, 2.45) is 5.10 Å². The molecule has 20 heavy (non-hydrogen) atoms. The number of amides is 2. The van der Waals surface area contributed by atoms with Gasteiger partial charge in [-0.15, -0.1) is 0 Å². The summed E-state index contributed by atoms with van der Waals surface area (Å²) in [5.41, 5.74) is 4.18. The van der Waals surface area contributed by atoms with E-state index in [-0.39, 0.29) is 24.3 Å². The lowest BCUT2D eigenvalue weighted by Gasteiger charge is -2.19. The van der Waals surface area contributed by atoms with Crippen LogP contribution in [0.3, 0.4) is 0 Å². The number of hydrazone groups is 1. The van der Waals surface area contributed by atoms with Crippen LogP contribution in [0.15, 0.2) is 35.4 Å². The average Bonchev–Trinajstić information content (AvgIpc) is 2.48. The minimum atomic E-state index is -0.351. The number of nitrogens with one attached hydrogen (secondary N) is 2. The standard InChI is InChI=1S/C14H18N4O2/c1-10(11-5-3-2-4-6-11)17-18-13(19)9-12-14(20)16-8-7-15-12/h2-6,12,15H,7-9H2,1H3,(H,16,20)(H,18,19)/p+1/b17-10+/t12-/m1/s1. The molecule has 0 spiro atoms. The van der Waals surface area contributed by atoms with Crippen molar-refractivity contribution in [2.45, 2.75) is 19.4 Å². The zero-order chi connectivity index (χ0) is 14.4. The fourth-order valence-electron chi connectivity index (χ4n) is 2.03. The summed E-state index contributed by atoms with van der Waals surface area (Å²) in [5, 5.41) is 8.68. The largest absolute Gasteiger partial charge is 0.345 e. The zero-order valence-electron chi connectivity index (χ0n) is 11.4. The maximum Gasteiger partial charge on any atom is 0.279 e. The van der Waals surface area contributed by atoms with Crippen molar-refractivity contribution in [3.05, 3.63) is 35.9 Å². The van der Waals surface area contributed by atoms with Gasteiger partial charge >= 0.3 is 0 Å². The number of quaternary nitrogens is 1. The first kappa shape index (κ1) is 14.2. The van der Waals surface area contributed by atoms with E-state index in [2.05, 4.69) is 15.8 Å². The third-order valence-corrected chi connectivity index (χ3v) is 3.18. The number of rotatable bonds is 4. The first-order valence-corrected chi connectivity index (χ1v) is 6.66. The van der Waals surface area contributed by atoms with Crippen molar-refractivity contribution >= 4 is 17.5 Å². The number of piperazine rings is 1. The van der Waals surface area contributed by atoms with E-state index < -0.39 is 0 Å². The lowest BCUT2D eigenvalue weighted by atomic mass is 10.1. The predicted octanol–water partition coefficient (Wildman–Crippen LogP) is -1.02. The van der Waals surface area contributed by atoms with E-state index in [1.807, 2.05) is 42.6 Å². The highest BCUT2D eigenvalue weighted by atomic mass is 16.2. The van der Waals surface area contributed by atoms with Gasteiger partial charge in [0, 0.05) is 0 Å². The maximum absolute atomic E-state index is 11.8. The molecule has 2 amide bonds. The van der Waals surface area contributed by atoms with Crippen molar-refractivity contribution in [2.75, 3.05) is 13.1 Å². The normalized spacial score (nSPS) is 19.4. The molecule has 1 heterocycles. The molecule has 0 aromatic heterocycles. The van der Waals surface area contributed by atoms with Crippen molar-refractivity contribution < 1.29 is 14.9 Å². The molecule has 106 valence electrons. The van der Waals surface area contributed by atoms with Crippen LogP contribution in [0.5, 0.6) is 0 Å². The smallest absolute Gasteiger partial charge is 0.279 e. The third-order valence-electron chi connectivity index (χ3n) is 3.18. The summed E-state index contributed by atoms with van der Waals surface area (Å²) in [6, 6.07) is 9.25. The van der Waals surface area contributed by atoms with Gasteiger partial charge in [-0.25, -0.2) is 5.43 Å². The molecule has 1 aliphatic rings. The molecule has 4 N–H and O–H groups in total. The SMILES string of the molecule is C/C(=N\NC(=O)C[C@H]1[NH2+]CCNC1=O)c1ccccc1. The molecule has 1 saturated heterocycles. The molecule has 1 atom stereocenters. The number of nitrogens with zero attached hydrogens (tertiary/aromatic N) is 1. The summed E-state index contributed by atoms with van der Waals surface area (Å²) in [5.74, 6) is -0.339. The Morgan fingerprint density at radius 2 is 2.20 bits per heavy atom. The number of benzene rings is 1. The topological polar surface area (TPSA) is 87.2 Å². The van der Waals surface area contributed by atoms with Crippen LogP contribution in [0.1, 0.15) is 18.9 Å². The molecule has 2 rings (SSSR count). The maximum atomic E-state index is 11.8. The van der Waals surface area contributed by atoms with Gasteiger partial charge in [0.1, 0.15) is 0 Å². The van der Waals surface area contributed by atoms with Gasteiger partial charge in [-0.05, 0) is 12.5 Å². The molecule has 0 aliphatic carbocycles. The second-order valence-corrected chi connectivity index (χ2v) is 4.72. The van der Waals surface area contributed by atoms with E-state index in [0.29, 0.717) is 6.54 Å². The van der Waals surface area contributed by atoms with Crippen molar-refractivity contribution in [3.63, 3.8) is 0 Å². The van der Waals surface area contributed by atoms with E-state index in [1.165, 1.54) is 0 Å². The third kappa shape index (κ3) is 3.89. The van der Waals surface area contributed by atoms with Crippen LogP contribution in [0.4, 0.5) is 0 Å². The van der Waals surface area contributed by atoms with Crippen LogP contribution < -0.4 is 16.1 Å². The molecule has 1 aliphatic heterocycles. The van der Waals surface area contributed by atoms with Gasteiger partial charge in [0.2, 0.25) is 5.91 Å². The van der Waals surface area contributed by atoms with Crippen LogP contribution >= 0.6 is 0 Å². The highest BCUT2D eigenvalue weighted by molar-refractivity contribution is 5.99. The summed E-state index contributed by atoms with van der Waals surface area (Å²) < 4.78 is 0. The van der Waals surface area contributed by atoms with Gasteiger partial charge in [0.05, 0.1) is 25.2 Å². The number of carbonyl (C=O) groups excluding carboxylic acids is 2. The molecule has 6 heteroatoms. The molecule has 0 unspecified atom stereocenters. The number of nitrogens with two attached hydrogens (primary N) is 1. The summed E-state index contributed by atoms with van der Waals surface area (Å²) >= 11 is 0. The molecule has 0 radical (unpaired) electrons. The first-order valence-electron chi connectivity index (χ1n) is 6.66. The van der Waals surface area contributed by atoms with E-state index in [9.17, 15) is 9.59 Å². The summed E-state index contributed by atoms with van der Waals surface area (Å²) in [7, 11) is 0. The first-order chi connectivity index (χ1) is 9.66. The highest BCUT2D eigenvalue weighted by Gasteiger charge is 2.27. The van der Waals surface area contributed by atoms with E-state index in [4.69, 9.17) is 0 Å². The lowest BCUT2D eigenvalue weighted by molar-refractivity contribution is -0.678. The second-order valence-electron chi connectivity index (χ2n) is 4.72.